The van der Waals surface area contributed by atoms with Crippen LogP contribution in [0.3, 0.4) is 0 Å². The maximum Gasteiger partial charge on any atom is 0.356 e. The Morgan fingerprint density at radius 1 is 1.07 bits per heavy atom. The van der Waals surface area contributed by atoms with Gasteiger partial charge in [0.2, 0.25) is 0 Å². The molecule has 2 aromatic carbocycles. The van der Waals surface area contributed by atoms with E-state index in [4.69, 9.17) is 4.74 Å². The molecule has 4 rings (SSSR count). The maximum absolute atomic E-state index is 13.4. The molecule has 1 aliphatic heterocycles. The fourth-order valence-electron chi connectivity index (χ4n) is 3.57. The molecule has 0 unspecified atom stereocenters. The molecule has 1 aromatic heterocycles. The van der Waals surface area contributed by atoms with Gasteiger partial charge in [-0.05, 0) is 24.6 Å². The molecule has 7 heteroatoms. The fraction of sp³-hybridized carbons (Fsp3) is 0.227. The molecular weight excluding hydrogens is 370 g/mol. The zero-order chi connectivity index (χ0) is 20.4. The number of carboxylic acids is 1. The molecule has 0 saturated carbocycles. The summed E-state index contributed by atoms with van der Waals surface area (Å²) in [5.41, 5.74) is 1.02. The summed E-state index contributed by atoms with van der Waals surface area (Å²) in [4.78, 5) is 26.5. The molecule has 0 bridgehead atoms. The molecule has 1 saturated heterocycles. The van der Waals surface area contributed by atoms with Crippen molar-refractivity contribution in [3.05, 3.63) is 83.7 Å². The van der Waals surface area contributed by atoms with E-state index >= 15 is 0 Å². The summed E-state index contributed by atoms with van der Waals surface area (Å²) in [5.74, 6) is -1.45. The van der Waals surface area contributed by atoms with Crippen molar-refractivity contribution in [2.45, 2.75) is 12.5 Å². The minimum absolute atomic E-state index is 0.170. The van der Waals surface area contributed by atoms with Gasteiger partial charge in [0.1, 0.15) is 11.3 Å². The first-order valence-electron chi connectivity index (χ1n) is 9.35. The molecule has 1 N–H and O–H groups in total. The van der Waals surface area contributed by atoms with Crippen molar-refractivity contribution < 1.29 is 19.4 Å². The molecule has 0 radical (unpaired) electrons. The molecular formula is C22H21N3O4. The van der Waals surface area contributed by atoms with E-state index < -0.39 is 11.6 Å². The van der Waals surface area contributed by atoms with Gasteiger partial charge in [0.05, 0.1) is 18.8 Å². The first kappa shape index (κ1) is 18.9. The van der Waals surface area contributed by atoms with Gasteiger partial charge >= 0.3 is 5.97 Å². The number of carboxylic acid groups (broad SMARTS) is 1. The molecule has 29 heavy (non-hydrogen) atoms. The summed E-state index contributed by atoms with van der Waals surface area (Å²) in [6.45, 7) is 3.13. The Balaban J connectivity index is 1.68. The van der Waals surface area contributed by atoms with E-state index in [-0.39, 0.29) is 17.3 Å². The van der Waals surface area contributed by atoms with Gasteiger partial charge in [0.25, 0.3) is 5.91 Å². The normalized spacial score (nSPS) is 19.1. The summed E-state index contributed by atoms with van der Waals surface area (Å²) >= 11 is 0. The smallest absolute Gasteiger partial charge is 0.356 e. The molecule has 0 spiro atoms. The van der Waals surface area contributed by atoms with Crippen LogP contribution in [0.5, 0.6) is 0 Å². The number of hydrogen-bond acceptors (Lipinski definition) is 4. The number of aromatic nitrogens is 2. The minimum atomic E-state index is -1.18. The van der Waals surface area contributed by atoms with Crippen LogP contribution in [0.2, 0.25) is 0 Å². The number of amides is 1. The van der Waals surface area contributed by atoms with Gasteiger partial charge in [-0.2, -0.15) is 5.10 Å². The molecule has 2 heterocycles. The lowest BCUT2D eigenvalue weighted by Gasteiger charge is -2.40. The summed E-state index contributed by atoms with van der Waals surface area (Å²) in [5, 5.41) is 13.5. The summed E-state index contributed by atoms with van der Waals surface area (Å²) in [6.07, 6.45) is 0. The van der Waals surface area contributed by atoms with Crippen LogP contribution < -0.4 is 0 Å². The number of morpholine rings is 1. The summed E-state index contributed by atoms with van der Waals surface area (Å²) in [6, 6.07) is 20.1. The average molecular weight is 391 g/mol. The number of para-hydroxylation sites is 1. The predicted octanol–water partition coefficient (Wildman–Crippen LogP) is 2.96. The van der Waals surface area contributed by atoms with Crippen LogP contribution in [0.15, 0.2) is 66.7 Å². The molecule has 1 fully saturated rings. The second-order valence-corrected chi connectivity index (χ2v) is 7.14. The fourth-order valence-corrected chi connectivity index (χ4v) is 3.57. The van der Waals surface area contributed by atoms with E-state index in [9.17, 15) is 14.7 Å². The standard InChI is InChI=1S/C22H21N3O4/c1-22(16-8-4-2-5-9-16)15-24(12-13-29-22)20(26)19-14-18(21(27)28)23-25(19)17-10-6-3-7-11-17/h2-11,14H,12-13,15H2,1H3,(H,27,28)/t22-/m1/s1. The van der Waals surface area contributed by atoms with Gasteiger partial charge < -0.3 is 14.7 Å². The number of benzene rings is 2. The highest BCUT2D eigenvalue weighted by atomic mass is 16.5. The number of aromatic carboxylic acids is 1. The van der Waals surface area contributed by atoms with Crippen molar-refractivity contribution in [2.75, 3.05) is 19.7 Å². The van der Waals surface area contributed by atoms with Crippen molar-refractivity contribution in [1.29, 1.82) is 0 Å². The number of carbonyl (C=O) groups excluding carboxylic acids is 1. The largest absolute Gasteiger partial charge is 0.476 e. The van der Waals surface area contributed by atoms with Crippen LogP contribution in [0.25, 0.3) is 5.69 Å². The van der Waals surface area contributed by atoms with Crippen LogP contribution in [-0.4, -0.2) is 51.4 Å². The van der Waals surface area contributed by atoms with Crippen LogP contribution in [-0.2, 0) is 10.3 Å². The van der Waals surface area contributed by atoms with Crippen LogP contribution in [0.4, 0.5) is 0 Å². The topological polar surface area (TPSA) is 84.7 Å². The highest BCUT2D eigenvalue weighted by molar-refractivity contribution is 5.96. The quantitative estimate of drug-likeness (QED) is 0.739. The van der Waals surface area contributed by atoms with Gasteiger partial charge in [0, 0.05) is 12.6 Å². The van der Waals surface area contributed by atoms with Gasteiger partial charge in [-0.1, -0.05) is 48.5 Å². The SMILES string of the molecule is C[C@]1(c2ccccc2)CN(C(=O)c2cc(C(=O)O)nn2-c2ccccc2)CCO1. The van der Waals surface area contributed by atoms with E-state index in [0.717, 1.165) is 5.56 Å². The van der Waals surface area contributed by atoms with Crippen molar-refractivity contribution in [2.24, 2.45) is 0 Å². The van der Waals surface area contributed by atoms with Crippen molar-refractivity contribution in [3.63, 3.8) is 0 Å². The van der Waals surface area contributed by atoms with Crippen LogP contribution in [0, 0.1) is 0 Å². The average Bonchev–Trinajstić information content (AvgIpc) is 3.20. The number of hydrogen-bond donors (Lipinski definition) is 1. The van der Waals surface area contributed by atoms with Gasteiger partial charge in [-0.3, -0.25) is 4.79 Å². The number of carbonyl (C=O) groups is 2. The highest BCUT2D eigenvalue weighted by Gasteiger charge is 2.37. The summed E-state index contributed by atoms with van der Waals surface area (Å²) in [7, 11) is 0. The Hall–Kier alpha value is -3.45. The molecule has 148 valence electrons. The van der Waals surface area contributed by atoms with Crippen LogP contribution in [0.1, 0.15) is 33.5 Å². The van der Waals surface area contributed by atoms with Gasteiger partial charge in [0.15, 0.2) is 5.69 Å². The molecule has 0 aliphatic carbocycles. The minimum Gasteiger partial charge on any atom is -0.476 e. The third kappa shape index (κ3) is 3.64. The lowest BCUT2D eigenvalue weighted by molar-refractivity contribution is -0.0932. The second kappa shape index (κ2) is 7.52. The van der Waals surface area contributed by atoms with Crippen molar-refractivity contribution >= 4 is 11.9 Å². The Morgan fingerprint density at radius 3 is 2.38 bits per heavy atom. The van der Waals surface area contributed by atoms with E-state index in [1.54, 1.807) is 17.0 Å². The van der Waals surface area contributed by atoms with E-state index in [0.29, 0.717) is 25.4 Å². The van der Waals surface area contributed by atoms with E-state index in [1.807, 2.05) is 55.5 Å². The van der Waals surface area contributed by atoms with E-state index in [1.165, 1.54) is 10.7 Å². The Morgan fingerprint density at radius 2 is 1.72 bits per heavy atom. The zero-order valence-corrected chi connectivity index (χ0v) is 16.0. The lowest BCUT2D eigenvalue weighted by Crippen LogP contribution is -2.50. The third-order valence-electron chi connectivity index (χ3n) is 5.09. The molecule has 1 atom stereocenters. The second-order valence-electron chi connectivity index (χ2n) is 7.14. The number of nitrogens with zero attached hydrogens (tertiary/aromatic N) is 3. The Bertz CT molecular complexity index is 1030. The Labute approximate surface area is 168 Å². The molecule has 7 nitrogen and oxygen atoms in total. The lowest BCUT2D eigenvalue weighted by atomic mass is 9.93. The highest BCUT2D eigenvalue weighted by Crippen LogP contribution is 2.30. The third-order valence-corrected chi connectivity index (χ3v) is 5.09. The number of rotatable bonds is 4. The first-order valence-corrected chi connectivity index (χ1v) is 9.35. The first-order chi connectivity index (χ1) is 14.0. The zero-order valence-electron chi connectivity index (χ0n) is 16.0. The van der Waals surface area contributed by atoms with Gasteiger partial charge in [-0.15, -0.1) is 0 Å². The number of ether oxygens (including phenoxy) is 1. The molecule has 3 aromatic rings. The predicted molar refractivity (Wildman–Crippen MR) is 106 cm³/mol. The molecule has 1 amide bonds. The maximum atomic E-state index is 13.4. The monoisotopic (exact) mass is 391 g/mol. The van der Waals surface area contributed by atoms with Crippen LogP contribution >= 0.6 is 0 Å². The Kier molecular flexibility index (Phi) is 4.90. The van der Waals surface area contributed by atoms with Crippen molar-refractivity contribution in [3.8, 4) is 5.69 Å². The van der Waals surface area contributed by atoms with Gasteiger partial charge in [-0.25, -0.2) is 9.48 Å². The van der Waals surface area contributed by atoms with E-state index in [2.05, 4.69) is 5.10 Å². The van der Waals surface area contributed by atoms with Crippen molar-refractivity contribution in [1.82, 2.24) is 14.7 Å². The summed E-state index contributed by atoms with van der Waals surface area (Å²) < 4.78 is 7.41. The molecule has 1 aliphatic rings.